The highest BCUT2D eigenvalue weighted by Gasteiger charge is 2.18. The molecule has 0 fully saturated rings. The number of hydrogen-bond donors (Lipinski definition) is 0. The van der Waals surface area contributed by atoms with Gasteiger partial charge in [-0.25, -0.2) is 4.98 Å². The molecule has 5 nitrogen and oxygen atoms in total. The normalized spacial score (nSPS) is 14.3. The van der Waals surface area contributed by atoms with Gasteiger partial charge in [0.05, 0.1) is 11.6 Å². The minimum Gasteiger partial charge on any atom is -0.350 e. The predicted molar refractivity (Wildman–Crippen MR) is 85.8 cm³/mol. The molecule has 0 saturated heterocycles. The van der Waals surface area contributed by atoms with Crippen molar-refractivity contribution in [3.63, 3.8) is 0 Å². The number of rotatable bonds is 1. The molecular weight excluding hydrogens is 300 g/mol. The summed E-state index contributed by atoms with van der Waals surface area (Å²) in [5.74, 6) is 0.489. The molecule has 0 aliphatic carbocycles. The van der Waals surface area contributed by atoms with E-state index in [2.05, 4.69) is 14.6 Å². The lowest BCUT2D eigenvalue weighted by Crippen LogP contribution is -2.22. The van der Waals surface area contributed by atoms with E-state index in [1.807, 2.05) is 13.1 Å². The number of nitrogens with zero attached hydrogens (tertiary/aromatic N) is 4. The van der Waals surface area contributed by atoms with Crippen LogP contribution in [0.1, 0.15) is 24.1 Å². The Bertz CT molecular complexity index is 941. The van der Waals surface area contributed by atoms with Gasteiger partial charge in [0, 0.05) is 40.6 Å². The summed E-state index contributed by atoms with van der Waals surface area (Å²) in [7, 11) is 0. The predicted octanol–water partition coefficient (Wildman–Crippen LogP) is 2.88. The van der Waals surface area contributed by atoms with Gasteiger partial charge in [0.1, 0.15) is 0 Å². The second-order valence-electron chi connectivity index (χ2n) is 5.66. The second kappa shape index (κ2) is 4.95. The van der Waals surface area contributed by atoms with Gasteiger partial charge in [0.25, 0.3) is 5.56 Å². The molecule has 22 heavy (non-hydrogen) atoms. The third-order valence-corrected chi connectivity index (χ3v) is 4.74. The number of pyridine rings is 1. The molecule has 0 radical (unpaired) electrons. The molecule has 0 N–H and O–H groups in total. The van der Waals surface area contributed by atoms with E-state index < -0.39 is 0 Å². The van der Waals surface area contributed by atoms with Crippen LogP contribution in [0, 0.1) is 6.92 Å². The van der Waals surface area contributed by atoms with Crippen LogP contribution >= 0.6 is 11.6 Å². The molecule has 0 saturated carbocycles. The van der Waals surface area contributed by atoms with Gasteiger partial charge < -0.3 is 4.57 Å². The summed E-state index contributed by atoms with van der Waals surface area (Å²) in [5, 5.41) is 6.57. The van der Waals surface area contributed by atoms with Crippen molar-refractivity contribution in [3.05, 3.63) is 51.3 Å². The van der Waals surface area contributed by atoms with Crippen LogP contribution in [-0.2, 0) is 13.0 Å². The van der Waals surface area contributed by atoms with Gasteiger partial charge in [-0.3, -0.25) is 4.79 Å². The summed E-state index contributed by atoms with van der Waals surface area (Å²) in [6.07, 6.45) is 8.64. The maximum Gasteiger partial charge on any atom is 0.282 e. The largest absolute Gasteiger partial charge is 0.350 e. The van der Waals surface area contributed by atoms with Crippen molar-refractivity contribution in [1.29, 1.82) is 0 Å². The maximum absolute atomic E-state index is 12.8. The first kappa shape index (κ1) is 13.5. The Morgan fingerprint density at radius 3 is 3.00 bits per heavy atom. The molecule has 0 unspecified atom stereocenters. The van der Waals surface area contributed by atoms with Crippen LogP contribution in [0.3, 0.4) is 0 Å². The fourth-order valence-corrected chi connectivity index (χ4v) is 3.27. The summed E-state index contributed by atoms with van der Waals surface area (Å²) in [6.45, 7) is 2.81. The first-order valence-corrected chi connectivity index (χ1v) is 7.76. The first-order valence-electron chi connectivity index (χ1n) is 7.38. The highest BCUT2D eigenvalue weighted by molar-refractivity contribution is 6.31. The molecule has 0 aromatic carbocycles. The van der Waals surface area contributed by atoms with Gasteiger partial charge in [0.2, 0.25) is 0 Å². The third-order valence-electron chi connectivity index (χ3n) is 4.33. The van der Waals surface area contributed by atoms with Gasteiger partial charge in [0.15, 0.2) is 5.82 Å². The van der Waals surface area contributed by atoms with Crippen molar-refractivity contribution in [1.82, 2.24) is 19.3 Å². The van der Waals surface area contributed by atoms with Crippen LogP contribution in [-0.4, -0.2) is 19.3 Å². The summed E-state index contributed by atoms with van der Waals surface area (Å²) in [4.78, 5) is 17.1. The van der Waals surface area contributed by atoms with Gasteiger partial charge in [-0.2, -0.15) is 9.78 Å². The Labute approximate surface area is 132 Å². The van der Waals surface area contributed by atoms with Crippen LogP contribution < -0.4 is 5.56 Å². The molecule has 1 aliphatic heterocycles. The topological polar surface area (TPSA) is 52.7 Å². The first-order chi connectivity index (χ1) is 10.7. The molecule has 0 amide bonds. The zero-order valence-corrected chi connectivity index (χ0v) is 13.0. The number of aryl methyl sites for hydroxylation is 2. The smallest absolute Gasteiger partial charge is 0.282 e. The van der Waals surface area contributed by atoms with Gasteiger partial charge >= 0.3 is 0 Å². The van der Waals surface area contributed by atoms with Crippen molar-refractivity contribution in [2.24, 2.45) is 0 Å². The number of halogens is 1. The molecule has 0 bridgehead atoms. The Morgan fingerprint density at radius 1 is 1.27 bits per heavy atom. The Balaban J connectivity index is 1.99. The lowest BCUT2D eigenvalue weighted by molar-refractivity contribution is 0.536. The van der Waals surface area contributed by atoms with Crippen molar-refractivity contribution in [3.8, 4) is 5.82 Å². The number of fused-ring (bicyclic) bond motifs is 3. The Kier molecular flexibility index (Phi) is 3.04. The summed E-state index contributed by atoms with van der Waals surface area (Å²) in [5.41, 5.74) is 1.83. The SMILES string of the molecule is Cc1c(Cl)ccnc1-n1ncc2c3n(cc2c1=O)CCCC3. The second-order valence-corrected chi connectivity index (χ2v) is 6.06. The van der Waals surface area contributed by atoms with Crippen LogP contribution in [0.15, 0.2) is 29.5 Å². The van der Waals surface area contributed by atoms with E-state index in [0.717, 1.165) is 36.8 Å². The van der Waals surface area contributed by atoms with Crippen molar-refractivity contribution in [2.75, 3.05) is 0 Å². The Morgan fingerprint density at radius 2 is 2.14 bits per heavy atom. The summed E-state index contributed by atoms with van der Waals surface area (Å²) < 4.78 is 3.52. The van der Waals surface area contributed by atoms with E-state index in [-0.39, 0.29) is 5.56 Å². The molecule has 4 heterocycles. The van der Waals surface area contributed by atoms with Crippen LogP contribution in [0.4, 0.5) is 0 Å². The lowest BCUT2D eigenvalue weighted by Gasteiger charge is -2.14. The van der Waals surface area contributed by atoms with E-state index in [1.54, 1.807) is 18.5 Å². The van der Waals surface area contributed by atoms with Crippen LogP contribution in [0.5, 0.6) is 0 Å². The molecule has 0 spiro atoms. The zero-order chi connectivity index (χ0) is 15.3. The molecule has 112 valence electrons. The zero-order valence-electron chi connectivity index (χ0n) is 12.2. The summed E-state index contributed by atoms with van der Waals surface area (Å²) in [6, 6.07) is 1.71. The minimum absolute atomic E-state index is 0.141. The van der Waals surface area contributed by atoms with Gasteiger partial charge in [-0.1, -0.05) is 11.6 Å². The van der Waals surface area contributed by atoms with E-state index in [9.17, 15) is 4.79 Å². The average Bonchev–Trinajstić information content (AvgIpc) is 2.91. The molecule has 4 rings (SSSR count). The molecule has 1 aliphatic rings. The quantitative estimate of drug-likeness (QED) is 0.694. The fourth-order valence-electron chi connectivity index (χ4n) is 3.13. The van der Waals surface area contributed by atoms with Gasteiger partial charge in [-0.15, -0.1) is 0 Å². The highest BCUT2D eigenvalue weighted by Crippen LogP contribution is 2.25. The lowest BCUT2D eigenvalue weighted by atomic mass is 10.1. The standard InChI is InChI=1S/C16H15ClN4O/c1-10-13(17)5-6-18-15(10)21-16(22)12-9-20-7-3-2-4-14(20)11(12)8-19-21/h5-6,8-9H,2-4,7H2,1H3. The monoisotopic (exact) mass is 314 g/mol. The van der Waals surface area contributed by atoms with E-state index in [4.69, 9.17) is 11.6 Å². The van der Waals surface area contributed by atoms with Crippen molar-refractivity contribution < 1.29 is 0 Å². The van der Waals surface area contributed by atoms with Crippen molar-refractivity contribution in [2.45, 2.75) is 32.7 Å². The maximum atomic E-state index is 12.8. The third kappa shape index (κ3) is 1.89. The van der Waals surface area contributed by atoms with E-state index >= 15 is 0 Å². The highest BCUT2D eigenvalue weighted by atomic mass is 35.5. The van der Waals surface area contributed by atoms with Gasteiger partial charge in [-0.05, 0) is 32.3 Å². The Hall–Kier alpha value is -2.14. The van der Waals surface area contributed by atoms with E-state index in [0.29, 0.717) is 16.2 Å². The van der Waals surface area contributed by atoms with Crippen LogP contribution in [0.25, 0.3) is 16.6 Å². The molecular formula is C16H15ClN4O. The summed E-state index contributed by atoms with van der Waals surface area (Å²) >= 11 is 6.13. The van der Waals surface area contributed by atoms with Crippen molar-refractivity contribution >= 4 is 22.4 Å². The average molecular weight is 315 g/mol. The molecule has 3 aromatic heterocycles. The number of aromatic nitrogens is 4. The number of hydrogen-bond acceptors (Lipinski definition) is 3. The fraction of sp³-hybridized carbons (Fsp3) is 0.312. The minimum atomic E-state index is -0.141. The molecule has 0 atom stereocenters. The molecule has 6 heteroatoms. The molecule has 3 aromatic rings. The van der Waals surface area contributed by atoms with E-state index in [1.165, 1.54) is 10.4 Å². The van der Waals surface area contributed by atoms with Crippen LogP contribution in [0.2, 0.25) is 5.02 Å².